The summed E-state index contributed by atoms with van der Waals surface area (Å²) in [5.41, 5.74) is 3.39. The molecule has 35 heavy (non-hydrogen) atoms. The number of carboxylic acids is 1. The van der Waals surface area contributed by atoms with Crippen molar-refractivity contribution in [2.24, 2.45) is 7.05 Å². The van der Waals surface area contributed by atoms with Crippen LogP contribution in [0.5, 0.6) is 0 Å². The Morgan fingerprint density at radius 3 is 2.34 bits per heavy atom. The lowest BCUT2D eigenvalue weighted by Gasteiger charge is -2.25. The van der Waals surface area contributed by atoms with Gasteiger partial charge in [-0.15, -0.1) is 11.3 Å². The first-order chi connectivity index (χ1) is 16.8. The van der Waals surface area contributed by atoms with E-state index in [-0.39, 0.29) is 12.3 Å². The molecule has 7 heteroatoms. The van der Waals surface area contributed by atoms with Crippen molar-refractivity contribution in [2.75, 3.05) is 7.05 Å². The fourth-order valence-corrected chi connectivity index (χ4v) is 4.32. The third-order valence-corrected chi connectivity index (χ3v) is 6.44. The topological polar surface area (TPSA) is 79.6 Å². The van der Waals surface area contributed by atoms with Crippen LogP contribution in [0.2, 0.25) is 0 Å². The number of carbonyl (C=O) groups excluding carboxylic acids is 2. The molecular weight excluding hydrogens is 460 g/mol. The lowest BCUT2D eigenvalue weighted by Crippen LogP contribution is -2.44. The highest BCUT2D eigenvalue weighted by atomic mass is 32.1. The molecule has 0 spiro atoms. The summed E-state index contributed by atoms with van der Waals surface area (Å²) in [6.45, 7) is 1.72. The van der Waals surface area contributed by atoms with Crippen molar-refractivity contribution in [3.8, 4) is 0 Å². The minimum atomic E-state index is -1.02. The number of rotatable bonds is 7. The minimum Gasteiger partial charge on any atom is -0.480 e. The molecule has 4 aromatic rings. The van der Waals surface area contributed by atoms with Gasteiger partial charge in [0, 0.05) is 48.8 Å². The number of benzene rings is 2. The van der Waals surface area contributed by atoms with E-state index in [1.165, 1.54) is 16.2 Å². The SMILES string of the molecule is C/C(=C\c1cn(C)c2ccccc12)C(=O)N(C)C(Cc1ccccc1)C(=O)O.O=Cc1cccs1. The van der Waals surface area contributed by atoms with Crippen molar-refractivity contribution in [2.45, 2.75) is 19.4 Å². The van der Waals surface area contributed by atoms with E-state index < -0.39 is 12.0 Å². The number of nitrogens with zero attached hydrogens (tertiary/aromatic N) is 2. The van der Waals surface area contributed by atoms with Gasteiger partial charge in [0.05, 0.1) is 4.88 Å². The van der Waals surface area contributed by atoms with Crippen molar-refractivity contribution in [3.63, 3.8) is 0 Å². The van der Waals surface area contributed by atoms with Gasteiger partial charge in [-0.1, -0.05) is 54.6 Å². The first kappa shape index (κ1) is 25.6. The molecule has 1 N–H and O–H groups in total. The zero-order valence-corrected chi connectivity index (χ0v) is 20.7. The fraction of sp³-hybridized carbons (Fsp3) is 0.179. The number of amides is 1. The number of aromatic nitrogens is 1. The zero-order valence-electron chi connectivity index (χ0n) is 19.9. The van der Waals surface area contributed by atoms with Gasteiger partial charge >= 0.3 is 5.97 Å². The van der Waals surface area contributed by atoms with E-state index in [0.717, 1.165) is 33.2 Å². The number of thiophene rings is 1. The van der Waals surface area contributed by atoms with Crippen LogP contribution in [0.1, 0.15) is 27.7 Å². The van der Waals surface area contributed by atoms with Crippen LogP contribution >= 0.6 is 11.3 Å². The molecule has 1 amide bonds. The van der Waals surface area contributed by atoms with Crippen molar-refractivity contribution >= 4 is 46.5 Å². The minimum absolute atomic E-state index is 0.264. The van der Waals surface area contributed by atoms with Crippen molar-refractivity contribution < 1.29 is 19.5 Å². The molecule has 4 rings (SSSR count). The summed E-state index contributed by atoms with van der Waals surface area (Å²) in [6.07, 6.45) is 4.91. The maximum atomic E-state index is 12.9. The van der Waals surface area contributed by atoms with Crippen LogP contribution in [0.15, 0.2) is 83.9 Å². The van der Waals surface area contributed by atoms with Crippen LogP contribution in [0, 0.1) is 0 Å². The molecule has 0 aliphatic carbocycles. The highest BCUT2D eigenvalue weighted by Crippen LogP contribution is 2.23. The van der Waals surface area contributed by atoms with Crippen LogP contribution in [-0.2, 0) is 23.1 Å². The Hall–Kier alpha value is -3.97. The number of aryl methyl sites for hydroxylation is 1. The summed E-state index contributed by atoms with van der Waals surface area (Å²) >= 11 is 1.45. The number of para-hydroxylation sites is 1. The van der Waals surface area contributed by atoms with Crippen molar-refractivity contribution in [3.05, 3.63) is 99.9 Å². The fourth-order valence-electron chi connectivity index (χ4n) is 3.79. The Balaban J connectivity index is 0.000000420. The molecule has 0 saturated carbocycles. The van der Waals surface area contributed by atoms with Gasteiger partial charge in [0.15, 0.2) is 6.29 Å². The van der Waals surface area contributed by atoms with Crippen LogP contribution < -0.4 is 0 Å². The number of carboxylic acid groups (broad SMARTS) is 1. The van der Waals surface area contributed by atoms with Crippen LogP contribution in [-0.4, -0.2) is 45.8 Å². The van der Waals surface area contributed by atoms with Gasteiger partial charge < -0.3 is 14.6 Å². The van der Waals surface area contributed by atoms with Crippen molar-refractivity contribution in [1.82, 2.24) is 9.47 Å². The Morgan fingerprint density at radius 1 is 1.06 bits per heavy atom. The maximum Gasteiger partial charge on any atom is 0.326 e. The summed E-state index contributed by atoms with van der Waals surface area (Å²) in [7, 11) is 3.51. The Kier molecular flexibility index (Phi) is 8.75. The Morgan fingerprint density at radius 2 is 1.74 bits per heavy atom. The number of hydrogen-bond acceptors (Lipinski definition) is 4. The van der Waals surface area contributed by atoms with Crippen LogP contribution in [0.4, 0.5) is 0 Å². The summed E-state index contributed by atoms with van der Waals surface area (Å²) < 4.78 is 2.01. The van der Waals surface area contributed by atoms with Gasteiger partial charge in [-0.05, 0) is 36.1 Å². The van der Waals surface area contributed by atoms with Crippen LogP contribution in [0.25, 0.3) is 17.0 Å². The molecule has 0 aliphatic rings. The first-order valence-corrected chi connectivity index (χ1v) is 11.9. The molecule has 0 aliphatic heterocycles. The highest BCUT2D eigenvalue weighted by molar-refractivity contribution is 7.11. The first-order valence-electron chi connectivity index (χ1n) is 11.1. The smallest absolute Gasteiger partial charge is 0.326 e. The highest BCUT2D eigenvalue weighted by Gasteiger charge is 2.27. The number of hydrogen-bond donors (Lipinski definition) is 1. The van der Waals surface area contributed by atoms with Gasteiger partial charge in [0.2, 0.25) is 5.91 Å². The molecule has 180 valence electrons. The van der Waals surface area contributed by atoms with Gasteiger partial charge in [-0.25, -0.2) is 4.79 Å². The average molecular weight is 489 g/mol. The number of likely N-dealkylation sites (N-methyl/N-ethyl adjacent to an activating group) is 1. The molecule has 0 bridgehead atoms. The lowest BCUT2D eigenvalue weighted by molar-refractivity contribution is -0.147. The number of aldehydes is 1. The molecule has 1 atom stereocenters. The predicted molar refractivity (Wildman–Crippen MR) is 141 cm³/mol. The second kappa shape index (κ2) is 11.9. The summed E-state index contributed by atoms with van der Waals surface area (Å²) in [4.78, 5) is 36.7. The number of carbonyl (C=O) groups is 3. The average Bonchev–Trinajstić information content (AvgIpc) is 3.51. The Bertz CT molecular complexity index is 1320. The van der Waals surface area contributed by atoms with Gasteiger partial charge in [-0.2, -0.15) is 0 Å². The third-order valence-electron chi connectivity index (χ3n) is 5.64. The molecule has 0 fully saturated rings. The summed E-state index contributed by atoms with van der Waals surface area (Å²) in [6, 6.07) is 20.0. The molecule has 2 aromatic heterocycles. The molecule has 0 saturated heterocycles. The lowest BCUT2D eigenvalue weighted by atomic mass is 10.0. The van der Waals surface area contributed by atoms with Crippen LogP contribution in [0.3, 0.4) is 0 Å². The zero-order chi connectivity index (χ0) is 25.4. The van der Waals surface area contributed by atoms with E-state index in [0.29, 0.717) is 5.57 Å². The predicted octanol–water partition coefficient (Wildman–Crippen LogP) is 5.30. The largest absolute Gasteiger partial charge is 0.480 e. The second-order valence-electron chi connectivity index (χ2n) is 8.13. The molecular formula is C28H28N2O4S. The number of fused-ring (bicyclic) bond motifs is 1. The van der Waals surface area contributed by atoms with Gasteiger partial charge in [0.25, 0.3) is 0 Å². The molecule has 1 unspecified atom stereocenters. The molecule has 2 aromatic carbocycles. The number of aliphatic carboxylic acids is 1. The molecule has 2 heterocycles. The van der Waals surface area contributed by atoms with E-state index in [2.05, 4.69) is 0 Å². The van der Waals surface area contributed by atoms with Crippen molar-refractivity contribution in [1.29, 1.82) is 0 Å². The normalized spacial score (nSPS) is 11.9. The van der Waals surface area contributed by atoms with Gasteiger partial charge in [0.1, 0.15) is 6.04 Å². The molecule has 6 nitrogen and oxygen atoms in total. The van der Waals surface area contributed by atoms with Gasteiger partial charge in [-0.3, -0.25) is 9.59 Å². The monoisotopic (exact) mass is 488 g/mol. The third kappa shape index (κ3) is 6.55. The summed E-state index contributed by atoms with van der Waals surface area (Å²) in [5.74, 6) is -1.31. The quantitative estimate of drug-likeness (QED) is 0.283. The second-order valence-corrected chi connectivity index (χ2v) is 9.11. The van der Waals surface area contributed by atoms with E-state index >= 15 is 0 Å². The Labute approximate surface area is 208 Å². The van der Waals surface area contributed by atoms with E-state index in [1.54, 1.807) is 20.0 Å². The maximum absolute atomic E-state index is 12.9. The summed E-state index contributed by atoms with van der Waals surface area (Å²) in [5, 5.41) is 12.6. The molecule has 0 radical (unpaired) electrons. The van der Waals surface area contributed by atoms with E-state index in [9.17, 15) is 19.5 Å². The van der Waals surface area contributed by atoms with E-state index in [4.69, 9.17) is 0 Å². The standard InChI is InChI=1S/C23H24N2O3.C5H4OS/c1-16(13-18-15-24(2)20-12-8-7-11-19(18)20)22(26)25(3)21(23(27)28)14-17-9-5-4-6-10-17;6-4-5-2-1-3-7-5/h4-13,15,21H,14H2,1-3H3,(H,27,28);1-4H/b16-13+;. The van der Waals surface area contributed by atoms with E-state index in [1.807, 2.05) is 89.9 Å².